The monoisotopic (exact) mass is 252 g/mol. The van der Waals surface area contributed by atoms with Gasteiger partial charge in [-0.1, -0.05) is 0 Å². The largest absolute Gasteiger partial charge is 0.449 e. The van der Waals surface area contributed by atoms with Gasteiger partial charge in [0.25, 0.3) is 0 Å². The molecule has 2 unspecified atom stereocenters. The molecule has 1 aromatic rings. The Balaban J connectivity index is 1.85. The second-order valence-electron chi connectivity index (χ2n) is 5.73. The molecule has 1 aromatic heterocycles. The van der Waals surface area contributed by atoms with E-state index in [1.807, 2.05) is 0 Å². The molecule has 4 nitrogen and oxygen atoms in total. The lowest BCUT2D eigenvalue weighted by Gasteiger charge is -2.19. The molecule has 102 valence electrons. The Morgan fingerprint density at radius 2 is 2.28 bits per heavy atom. The Hall–Kier alpha value is -0.870. The number of aliphatic hydroxyl groups is 1. The zero-order valence-corrected chi connectivity index (χ0v) is 11.6. The SMILES string of the molecule is CC(O)Cc1coc(CC2CCN(C(C)C)C2)n1. The van der Waals surface area contributed by atoms with E-state index in [1.165, 1.54) is 13.0 Å². The number of likely N-dealkylation sites (tertiary alicyclic amines) is 1. The fourth-order valence-corrected chi connectivity index (χ4v) is 2.58. The lowest BCUT2D eigenvalue weighted by atomic mass is 10.1. The van der Waals surface area contributed by atoms with Gasteiger partial charge in [-0.25, -0.2) is 4.98 Å². The fourth-order valence-electron chi connectivity index (χ4n) is 2.58. The van der Waals surface area contributed by atoms with Gasteiger partial charge < -0.3 is 14.4 Å². The molecule has 2 rings (SSSR count). The van der Waals surface area contributed by atoms with Crippen molar-refractivity contribution in [1.29, 1.82) is 0 Å². The van der Waals surface area contributed by atoms with Gasteiger partial charge in [-0.05, 0) is 39.7 Å². The Morgan fingerprint density at radius 3 is 2.89 bits per heavy atom. The third-order valence-electron chi connectivity index (χ3n) is 3.61. The summed E-state index contributed by atoms with van der Waals surface area (Å²) in [6.45, 7) is 8.59. The van der Waals surface area contributed by atoms with E-state index in [0.717, 1.165) is 24.6 Å². The number of hydrogen-bond acceptors (Lipinski definition) is 4. The molecular weight excluding hydrogens is 228 g/mol. The third-order valence-corrected chi connectivity index (χ3v) is 3.61. The standard InChI is InChI=1S/C14H24N2O2/c1-10(2)16-5-4-12(8-16)7-14-15-13(9-18-14)6-11(3)17/h9-12,17H,4-8H2,1-3H3. The van der Waals surface area contributed by atoms with Crippen LogP contribution in [0.3, 0.4) is 0 Å². The first-order chi connectivity index (χ1) is 8.54. The van der Waals surface area contributed by atoms with Gasteiger partial charge in [-0.15, -0.1) is 0 Å². The summed E-state index contributed by atoms with van der Waals surface area (Å²) in [6.07, 6.45) is 4.05. The Morgan fingerprint density at radius 1 is 1.50 bits per heavy atom. The van der Waals surface area contributed by atoms with Gasteiger partial charge in [0.05, 0.1) is 11.8 Å². The number of nitrogens with zero attached hydrogens (tertiary/aromatic N) is 2. The number of aromatic nitrogens is 1. The summed E-state index contributed by atoms with van der Waals surface area (Å²) < 4.78 is 5.48. The molecule has 1 fully saturated rings. The third kappa shape index (κ3) is 3.56. The maximum atomic E-state index is 9.31. The molecule has 2 atom stereocenters. The van der Waals surface area contributed by atoms with E-state index in [1.54, 1.807) is 13.2 Å². The highest BCUT2D eigenvalue weighted by atomic mass is 16.3. The Kier molecular flexibility index (Phi) is 4.40. The van der Waals surface area contributed by atoms with Gasteiger partial charge in [-0.3, -0.25) is 0 Å². The van der Waals surface area contributed by atoms with Crippen molar-refractivity contribution in [3.63, 3.8) is 0 Å². The highest BCUT2D eigenvalue weighted by molar-refractivity contribution is 4.99. The van der Waals surface area contributed by atoms with Crippen LogP contribution in [0.25, 0.3) is 0 Å². The van der Waals surface area contributed by atoms with Crippen molar-refractivity contribution in [3.05, 3.63) is 17.8 Å². The molecule has 0 aromatic carbocycles. The first-order valence-electron chi connectivity index (χ1n) is 6.90. The zero-order valence-electron chi connectivity index (χ0n) is 11.6. The molecular formula is C14H24N2O2. The smallest absolute Gasteiger partial charge is 0.194 e. The number of oxazole rings is 1. The number of aliphatic hydroxyl groups excluding tert-OH is 1. The highest BCUT2D eigenvalue weighted by Gasteiger charge is 2.25. The van der Waals surface area contributed by atoms with Gasteiger partial charge in [-0.2, -0.15) is 0 Å². The van der Waals surface area contributed by atoms with Crippen molar-refractivity contribution in [2.24, 2.45) is 5.92 Å². The molecule has 4 heteroatoms. The van der Waals surface area contributed by atoms with E-state index in [9.17, 15) is 5.11 Å². The maximum absolute atomic E-state index is 9.31. The van der Waals surface area contributed by atoms with Crippen molar-refractivity contribution in [2.75, 3.05) is 13.1 Å². The minimum atomic E-state index is -0.356. The lowest BCUT2D eigenvalue weighted by Crippen LogP contribution is -2.28. The molecule has 1 aliphatic heterocycles. The van der Waals surface area contributed by atoms with Crippen LogP contribution >= 0.6 is 0 Å². The molecule has 18 heavy (non-hydrogen) atoms. The van der Waals surface area contributed by atoms with Gasteiger partial charge >= 0.3 is 0 Å². The van der Waals surface area contributed by atoms with Crippen LogP contribution in [0.5, 0.6) is 0 Å². The van der Waals surface area contributed by atoms with Gasteiger partial charge in [0, 0.05) is 25.4 Å². The second-order valence-corrected chi connectivity index (χ2v) is 5.73. The zero-order chi connectivity index (χ0) is 13.1. The van der Waals surface area contributed by atoms with Crippen LogP contribution in [0.1, 0.15) is 38.8 Å². The van der Waals surface area contributed by atoms with Crippen molar-refractivity contribution >= 4 is 0 Å². The van der Waals surface area contributed by atoms with Crippen molar-refractivity contribution < 1.29 is 9.52 Å². The fraction of sp³-hybridized carbons (Fsp3) is 0.786. The van der Waals surface area contributed by atoms with E-state index in [4.69, 9.17) is 4.42 Å². The average molecular weight is 252 g/mol. The topological polar surface area (TPSA) is 49.5 Å². The summed E-state index contributed by atoms with van der Waals surface area (Å²) >= 11 is 0. The molecule has 1 N–H and O–H groups in total. The quantitative estimate of drug-likeness (QED) is 0.869. The van der Waals surface area contributed by atoms with Crippen molar-refractivity contribution in [3.8, 4) is 0 Å². The maximum Gasteiger partial charge on any atom is 0.194 e. The molecule has 0 amide bonds. The Bertz CT molecular complexity index is 374. The molecule has 0 radical (unpaired) electrons. The van der Waals surface area contributed by atoms with E-state index in [0.29, 0.717) is 18.4 Å². The number of rotatable bonds is 5. The van der Waals surface area contributed by atoms with Crippen LogP contribution in [-0.2, 0) is 12.8 Å². The molecule has 0 aliphatic carbocycles. The van der Waals surface area contributed by atoms with Crippen LogP contribution in [0.15, 0.2) is 10.7 Å². The van der Waals surface area contributed by atoms with Crippen molar-refractivity contribution in [2.45, 2.75) is 52.2 Å². The second kappa shape index (κ2) is 5.85. The summed E-state index contributed by atoms with van der Waals surface area (Å²) in [5.74, 6) is 1.48. The van der Waals surface area contributed by atoms with Crippen LogP contribution in [0.2, 0.25) is 0 Å². The average Bonchev–Trinajstić information content (AvgIpc) is 2.88. The predicted molar refractivity (Wildman–Crippen MR) is 70.4 cm³/mol. The van der Waals surface area contributed by atoms with Crippen molar-refractivity contribution in [1.82, 2.24) is 9.88 Å². The van der Waals surface area contributed by atoms with Gasteiger partial charge in [0.1, 0.15) is 6.26 Å². The summed E-state index contributed by atoms with van der Waals surface area (Å²) in [5.41, 5.74) is 0.860. The van der Waals surface area contributed by atoms with Crippen LogP contribution in [0.4, 0.5) is 0 Å². The molecule has 1 saturated heterocycles. The van der Waals surface area contributed by atoms with E-state index in [2.05, 4.69) is 23.7 Å². The van der Waals surface area contributed by atoms with E-state index < -0.39 is 0 Å². The molecule has 2 heterocycles. The number of hydrogen-bond donors (Lipinski definition) is 1. The molecule has 1 aliphatic rings. The van der Waals surface area contributed by atoms with Gasteiger partial charge in [0.2, 0.25) is 0 Å². The summed E-state index contributed by atoms with van der Waals surface area (Å²) in [4.78, 5) is 6.94. The van der Waals surface area contributed by atoms with Crippen LogP contribution in [0, 0.1) is 5.92 Å². The van der Waals surface area contributed by atoms with Crippen LogP contribution in [-0.4, -0.2) is 40.2 Å². The predicted octanol–water partition coefficient (Wildman–Crippen LogP) is 1.87. The van der Waals surface area contributed by atoms with Gasteiger partial charge in [0.15, 0.2) is 5.89 Å². The first kappa shape index (κ1) is 13.6. The summed E-state index contributed by atoms with van der Waals surface area (Å²) in [6, 6.07) is 0.630. The summed E-state index contributed by atoms with van der Waals surface area (Å²) in [7, 11) is 0. The summed E-state index contributed by atoms with van der Waals surface area (Å²) in [5, 5.41) is 9.31. The lowest BCUT2D eigenvalue weighted by molar-refractivity contribution is 0.194. The molecule has 0 bridgehead atoms. The minimum Gasteiger partial charge on any atom is -0.449 e. The van der Waals surface area contributed by atoms with Crippen LogP contribution < -0.4 is 0 Å². The highest BCUT2D eigenvalue weighted by Crippen LogP contribution is 2.22. The minimum absolute atomic E-state index is 0.356. The Labute approximate surface area is 109 Å². The normalized spacial score (nSPS) is 22.8. The van der Waals surface area contributed by atoms with E-state index >= 15 is 0 Å². The molecule has 0 spiro atoms. The van der Waals surface area contributed by atoms with E-state index in [-0.39, 0.29) is 6.10 Å². The first-order valence-corrected chi connectivity index (χ1v) is 6.90. The molecule has 0 saturated carbocycles.